The van der Waals surface area contributed by atoms with Gasteiger partial charge in [0.25, 0.3) is 5.91 Å². The lowest BCUT2D eigenvalue weighted by atomic mass is 10.1. The van der Waals surface area contributed by atoms with Crippen molar-refractivity contribution in [2.45, 2.75) is 20.8 Å². The Morgan fingerprint density at radius 2 is 1.67 bits per heavy atom. The molecule has 0 radical (unpaired) electrons. The second-order valence-corrected chi connectivity index (χ2v) is 7.73. The highest BCUT2D eigenvalue weighted by molar-refractivity contribution is 6.30. The number of benzene rings is 3. The molecule has 0 aliphatic rings. The quantitative estimate of drug-likeness (QED) is 0.459. The van der Waals surface area contributed by atoms with Crippen molar-refractivity contribution in [3.63, 3.8) is 0 Å². The summed E-state index contributed by atoms with van der Waals surface area (Å²) in [5.41, 5.74) is 5.73. The monoisotopic (exact) mass is 416 g/mol. The number of hydrogen-bond acceptors (Lipinski definition) is 3. The van der Waals surface area contributed by atoms with E-state index in [1.54, 1.807) is 28.9 Å². The summed E-state index contributed by atoms with van der Waals surface area (Å²) in [4.78, 5) is 17.4. The zero-order valence-electron chi connectivity index (χ0n) is 17.0. The standard InChI is InChI=1S/C24H21ClN4O/c1-15-5-4-6-18(14-15)23-27-22(24(30)26-20-10-8-19(25)9-11-20)28-29(23)21-12-7-16(2)13-17(21)3/h4-14H,1-3H3,(H,26,30). The highest BCUT2D eigenvalue weighted by Crippen LogP contribution is 2.25. The molecule has 0 spiro atoms. The number of halogens is 1. The normalized spacial score (nSPS) is 10.8. The van der Waals surface area contributed by atoms with Crippen LogP contribution in [0.25, 0.3) is 17.1 Å². The topological polar surface area (TPSA) is 59.8 Å². The van der Waals surface area contributed by atoms with Gasteiger partial charge >= 0.3 is 0 Å². The van der Waals surface area contributed by atoms with Crippen LogP contribution >= 0.6 is 11.6 Å². The lowest BCUT2D eigenvalue weighted by Gasteiger charge is -2.10. The van der Waals surface area contributed by atoms with E-state index in [-0.39, 0.29) is 11.7 Å². The second kappa shape index (κ2) is 8.13. The van der Waals surface area contributed by atoms with Gasteiger partial charge in [-0.2, -0.15) is 0 Å². The van der Waals surface area contributed by atoms with Gasteiger partial charge in [0.1, 0.15) is 0 Å². The van der Waals surface area contributed by atoms with Crippen molar-refractivity contribution >= 4 is 23.2 Å². The maximum atomic E-state index is 12.9. The summed E-state index contributed by atoms with van der Waals surface area (Å²) in [6, 6.07) is 21.0. The molecule has 0 atom stereocenters. The van der Waals surface area contributed by atoms with Gasteiger partial charge in [-0.1, -0.05) is 53.1 Å². The molecule has 0 aliphatic heterocycles. The first-order valence-corrected chi connectivity index (χ1v) is 9.97. The van der Waals surface area contributed by atoms with E-state index in [2.05, 4.69) is 21.5 Å². The summed E-state index contributed by atoms with van der Waals surface area (Å²) in [6.45, 7) is 6.09. The number of amides is 1. The van der Waals surface area contributed by atoms with Crippen molar-refractivity contribution in [2.24, 2.45) is 0 Å². The van der Waals surface area contributed by atoms with Crippen molar-refractivity contribution < 1.29 is 4.79 Å². The molecule has 1 amide bonds. The van der Waals surface area contributed by atoms with Gasteiger partial charge in [-0.15, -0.1) is 5.10 Å². The van der Waals surface area contributed by atoms with E-state index in [1.165, 1.54) is 0 Å². The van der Waals surface area contributed by atoms with Gasteiger partial charge < -0.3 is 5.32 Å². The molecule has 150 valence electrons. The minimum atomic E-state index is -0.380. The molecule has 1 aromatic heterocycles. The van der Waals surface area contributed by atoms with Gasteiger partial charge in [0.05, 0.1) is 5.69 Å². The van der Waals surface area contributed by atoms with Crippen molar-refractivity contribution in [3.05, 3.63) is 94.3 Å². The van der Waals surface area contributed by atoms with Crippen molar-refractivity contribution in [2.75, 3.05) is 5.32 Å². The molecule has 1 N–H and O–H groups in total. The minimum absolute atomic E-state index is 0.0985. The molecule has 0 fully saturated rings. The lowest BCUT2D eigenvalue weighted by Crippen LogP contribution is -2.14. The Balaban J connectivity index is 1.79. The molecule has 4 aromatic rings. The van der Waals surface area contributed by atoms with Gasteiger partial charge in [-0.05, 0) is 62.7 Å². The van der Waals surface area contributed by atoms with E-state index < -0.39 is 0 Å². The average molecular weight is 417 g/mol. The van der Waals surface area contributed by atoms with E-state index in [1.807, 2.05) is 57.2 Å². The van der Waals surface area contributed by atoms with Gasteiger partial charge in [-0.3, -0.25) is 4.79 Å². The van der Waals surface area contributed by atoms with E-state index in [0.29, 0.717) is 16.5 Å². The van der Waals surface area contributed by atoms with Crippen LogP contribution in [0.5, 0.6) is 0 Å². The van der Waals surface area contributed by atoms with Gasteiger partial charge in [0.15, 0.2) is 5.82 Å². The van der Waals surface area contributed by atoms with E-state index in [9.17, 15) is 4.79 Å². The van der Waals surface area contributed by atoms with Gasteiger partial charge in [0.2, 0.25) is 5.82 Å². The summed E-state index contributed by atoms with van der Waals surface area (Å²) in [7, 11) is 0. The van der Waals surface area contributed by atoms with Crippen LogP contribution in [0.2, 0.25) is 5.02 Å². The van der Waals surface area contributed by atoms with Crippen LogP contribution in [0.3, 0.4) is 0 Å². The molecule has 0 saturated heterocycles. The molecule has 0 saturated carbocycles. The zero-order chi connectivity index (χ0) is 21.3. The first kappa shape index (κ1) is 19.9. The Morgan fingerprint density at radius 3 is 2.37 bits per heavy atom. The van der Waals surface area contributed by atoms with Crippen LogP contribution in [0.4, 0.5) is 5.69 Å². The molecule has 1 heterocycles. The Bertz CT molecular complexity index is 1230. The van der Waals surface area contributed by atoms with Crippen molar-refractivity contribution in [1.82, 2.24) is 14.8 Å². The van der Waals surface area contributed by atoms with Crippen LogP contribution in [-0.2, 0) is 0 Å². The third-order valence-electron chi connectivity index (χ3n) is 4.77. The van der Waals surface area contributed by atoms with Gasteiger partial charge in [0, 0.05) is 16.3 Å². The number of carbonyl (C=O) groups excluding carboxylic acids is 1. The largest absolute Gasteiger partial charge is 0.319 e. The first-order valence-electron chi connectivity index (χ1n) is 9.59. The van der Waals surface area contributed by atoms with Crippen molar-refractivity contribution in [1.29, 1.82) is 0 Å². The molecule has 5 nitrogen and oxygen atoms in total. The van der Waals surface area contributed by atoms with Gasteiger partial charge in [-0.25, -0.2) is 9.67 Å². The summed E-state index contributed by atoms with van der Waals surface area (Å²) >= 11 is 5.92. The minimum Gasteiger partial charge on any atom is -0.319 e. The molecule has 4 rings (SSSR count). The first-order chi connectivity index (χ1) is 14.4. The Hall–Kier alpha value is -3.44. The fraction of sp³-hybridized carbons (Fsp3) is 0.125. The highest BCUT2D eigenvalue weighted by atomic mass is 35.5. The molecule has 0 aliphatic carbocycles. The van der Waals surface area contributed by atoms with Crippen molar-refractivity contribution in [3.8, 4) is 17.1 Å². The van der Waals surface area contributed by atoms with Crippen LogP contribution in [0.1, 0.15) is 27.3 Å². The second-order valence-electron chi connectivity index (χ2n) is 7.29. The highest BCUT2D eigenvalue weighted by Gasteiger charge is 2.20. The Labute approximate surface area is 180 Å². The number of anilines is 1. The maximum Gasteiger partial charge on any atom is 0.295 e. The summed E-state index contributed by atoms with van der Waals surface area (Å²) in [5, 5.41) is 7.99. The third-order valence-corrected chi connectivity index (χ3v) is 5.02. The van der Waals surface area contributed by atoms with Crippen LogP contribution in [-0.4, -0.2) is 20.7 Å². The molecule has 30 heavy (non-hydrogen) atoms. The SMILES string of the molecule is Cc1cccc(-c2nc(C(=O)Nc3ccc(Cl)cc3)nn2-c2ccc(C)cc2C)c1. The number of nitrogens with one attached hydrogen (secondary N) is 1. The van der Waals surface area contributed by atoms with E-state index >= 15 is 0 Å². The molecular weight excluding hydrogens is 396 g/mol. The molecule has 0 bridgehead atoms. The lowest BCUT2D eigenvalue weighted by molar-refractivity contribution is 0.101. The molecule has 0 unspecified atom stereocenters. The van der Waals surface area contributed by atoms with Crippen LogP contribution in [0, 0.1) is 20.8 Å². The Kier molecular flexibility index (Phi) is 5.38. The fourth-order valence-corrected chi connectivity index (χ4v) is 3.44. The summed E-state index contributed by atoms with van der Waals surface area (Å²) in [6.07, 6.45) is 0. The number of hydrogen-bond donors (Lipinski definition) is 1. The van der Waals surface area contributed by atoms with E-state index in [4.69, 9.17) is 11.6 Å². The zero-order valence-corrected chi connectivity index (χ0v) is 17.7. The molecule has 6 heteroatoms. The number of carbonyl (C=O) groups is 1. The average Bonchev–Trinajstić information content (AvgIpc) is 3.15. The molecular formula is C24H21ClN4O. The molecule has 3 aromatic carbocycles. The Morgan fingerprint density at radius 1 is 0.933 bits per heavy atom. The fourth-order valence-electron chi connectivity index (χ4n) is 3.31. The van der Waals surface area contributed by atoms with Crippen LogP contribution in [0.15, 0.2) is 66.7 Å². The maximum absolute atomic E-state index is 12.9. The third kappa shape index (κ3) is 4.11. The number of rotatable bonds is 4. The number of nitrogens with zero attached hydrogens (tertiary/aromatic N) is 3. The predicted octanol–water partition coefficient (Wildman–Crippen LogP) is 5.77. The van der Waals surface area contributed by atoms with Crippen LogP contribution < -0.4 is 5.32 Å². The smallest absolute Gasteiger partial charge is 0.295 e. The summed E-state index contributed by atoms with van der Waals surface area (Å²) < 4.78 is 1.74. The predicted molar refractivity (Wildman–Crippen MR) is 120 cm³/mol. The summed E-state index contributed by atoms with van der Waals surface area (Å²) in [5.74, 6) is 0.336. The number of aromatic nitrogens is 3. The van der Waals surface area contributed by atoms with E-state index in [0.717, 1.165) is 27.9 Å². The number of aryl methyl sites for hydroxylation is 3.